The van der Waals surface area contributed by atoms with E-state index >= 15 is 0 Å². The minimum absolute atomic E-state index is 0. The highest BCUT2D eigenvalue weighted by Gasteiger charge is 2.45. The molecule has 0 unspecified atom stereocenters. The molecule has 0 bridgehead atoms. The van der Waals surface area contributed by atoms with Crippen molar-refractivity contribution in [2.75, 3.05) is 14.1 Å². The van der Waals surface area contributed by atoms with E-state index in [1.807, 2.05) is 12.1 Å². The van der Waals surface area contributed by atoms with Crippen molar-refractivity contribution in [2.45, 2.75) is 11.1 Å². The summed E-state index contributed by atoms with van der Waals surface area (Å²) in [6.45, 7) is 0. The summed E-state index contributed by atoms with van der Waals surface area (Å²) in [5, 5.41) is 3.92. The van der Waals surface area contributed by atoms with Crippen LogP contribution in [0.5, 0.6) is 0 Å². The van der Waals surface area contributed by atoms with Gasteiger partial charge in [0, 0.05) is 14.1 Å². The minimum Gasteiger partial charge on any atom is -1.00 e. The first kappa shape index (κ1) is 25.3. The van der Waals surface area contributed by atoms with Crippen LogP contribution in [0.1, 0.15) is 5.56 Å². The maximum absolute atomic E-state index is 12.5. The summed E-state index contributed by atoms with van der Waals surface area (Å²) in [6, 6.07) is 39.4. The molecule has 6 heteroatoms. The third-order valence-corrected chi connectivity index (χ3v) is 11.9. The second-order valence-corrected chi connectivity index (χ2v) is 13.5. The van der Waals surface area contributed by atoms with Gasteiger partial charge in [0.25, 0.3) is 0 Å². The predicted molar refractivity (Wildman–Crippen MR) is 136 cm³/mol. The second-order valence-electron chi connectivity index (χ2n) is 7.91. The van der Waals surface area contributed by atoms with Crippen LogP contribution in [0.4, 0.5) is 0 Å². The standard InChI is InChI=1S/C27H27NO2PS.BrH/c1-28(2)32(29,30)27-20-18-23(19-21-27)22-31(24-12-6-3-7-13-24,25-14-8-4-9-15-25)26-16-10-5-11-17-26;/h3-21H,22H2,1-2H3;1H/q+1;/p-1. The lowest BCUT2D eigenvalue weighted by atomic mass is 10.2. The van der Waals surface area contributed by atoms with Gasteiger partial charge in [-0.05, 0) is 54.1 Å². The highest BCUT2D eigenvalue weighted by atomic mass is 79.9. The van der Waals surface area contributed by atoms with Crippen LogP contribution in [0.2, 0.25) is 0 Å². The van der Waals surface area contributed by atoms with Crippen molar-refractivity contribution in [2.24, 2.45) is 0 Å². The molecule has 0 fully saturated rings. The molecular weight excluding hydrogens is 513 g/mol. The Labute approximate surface area is 208 Å². The summed E-state index contributed by atoms with van der Waals surface area (Å²) < 4.78 is 26.3. The van der Waals surface area contributed by atoms with Gasteiger partial charge in [-0.25, -0.2) is 12.7 Å². The van der Waals surface area contributed by atoms with Gasteiger partial charge in [-0.15, -0.1) is 0 Å². The molecule has 0 saturated heterocycles. The summed E-state index contributed by atoms with van der Waals surface area (Å²) in [5.41, 5.74) is 1.12. The molecule has 0 saturated carbocycles. The number of rotatable bonds is 7. The fourth-order valence-electron chi connectivity index (χ4n) is 4.02. The Morgan fingerprint density at radius 1 is 0.606 bits per heavy atom. The van der Waals surface area contributed by atoms with Crippen LogP contribution in [-0.4, -0.2) is 26.8 Å². The van der Waals surface area contributed by atoms with Crippen LogP contribution in [-0.2, 0) is 16.2 Å². The molecule has 170 valence electrons. The van der Waals surface area contributed by atoms with Crippen LogP contribution >= 0.6 is 7.26 Å². The van der Waals surface area contributed by atoms with Crippen molar-refractivity contribution < 1.29 is 25.4 Å². The lowest BCUT2D eigenvalue weighted by molar-refractivity contribution is -0.00000876. The van der Waals surface area contributed by atoms with Crippen molar-refractivity contribution in [1.29, 1.82) is 0 Å². The first-order valence-electron chi connectivity index (χ1n) is 10.5. The summed E-state index contributed by atoms with van der Waals surface area (Å²) in [4.78, 5) is 0.314. The summed E-state index contributed by atoms with van der Waals surface area (Å²) >= 11 is 0. The van der Waals surface area contributed by atoms with Gasteiger partial charge in [0.05, 0.1) is 11.1 Å². The molecule has 0 aromatic heterocycles. The minimum atomic E-state index is -3.45. The summed E-state index contributed by atoms with van der Waals surface area (Å²) in [6.07, 6.45) is 0.813. The lowest BCUT2D eigenvalue weighted by Crippen LogP contribution is -3.00. The number of hydrogen-bond donors (Lipinski definition) is 0. The average molecular weight is 540 g/mol. The van der Waals surface area contributed by atoms with Crippen LogP contribution in [0.15, 0.2) is 120 Å². The first-order valence-corrected chi connectivity index (χ1v) is 13.9. The lowest BCUT2D eigenvalue weighted by Gasteiger charge is -2.28. The van der Waals surface area contributed by atoms with Crippen LogP contribution < -0.4 is 32.9 Å². The van der Waals surface area contributed by atoms with E-state index in [9.17, 15) is 8.42 Å². The molecule has 33 heavy (non-hydrogen) atoms. The maximum Gasteiger partial charge on any atom is 0.242 e. The van der Waals surface area contributed by atoms with Gasteiger partial charge >= 0.3 is 0 Å². The average Bonchev–Trinajstić information content (AvgIpc) is 2.84. The van der Waals surface area contributed by atoms with E-state index in [0.29, 0.717) is 4.90 Å². The quantitative estimate of drug-likeness (QED) is 0.333. The van der Waals surface area contributed by atoms with Gasteiger partial charge < -0.3 is 17.0 Å². The Morgan fingerprint density at radius 2 is 0.970 bits per heavy atom. The smallest absolute Gasteiger partial charge is 0.242 e. The van der Waals surface area contributed by atoms with Gasteiger partial charge in [0.1, 0.15) is 23.2 Å². The molecule has 4 rings (SSSR count). The van der Waals surface area contributed by atoms with E-state index in [1.165, 1.54) is 20.2 Å². The SMILES string of the molecule is CN(C)S(=O)(=O)c1ccc(C[P+](c2ccccc2)(c2ccccc2)c2ccccc2)cc1.[Br-]. The zero-order valence-corrected chi connectivity index (χ0v) is 22.0. The molecule has 4 aromatic carbocycles. The third-order valence-electron chi connectivity index (χ3n) is 5.71. The van der Waals surface area contributed by atoms with E-state index in [0.717, 1.165) is 11.7 Å². The van der Waals surface area contributed by atoms with Crippen molar-refractivity contribution in [3.8, 4) is 0 Å². The van der Waals surface area contributed by atoms with E-state index in [1.54, 1.807) is 26.2 Å². The van der Waals surface area contributed by atoms with Crippen LogP contribution in [0.25, 0.3) is 0 Å². The van der Waals surface area contributed by atoms with Gasteiger partial charge in [0.2, 0.25) is 10.0 Å². The topological polar surface area (TPSA) is 37.4 Å². The van der Waals surface area contributed by atoms with Gasteiger partial charge in [-0.2, -0.15) is 0 Å². The Hall–Kier alpha value is -2.30. The third kappa shape index (κ3) is 5.12. The zero-order valence-electron chi connectivity index (χ0n) is 18.7. The van der Waals surface area contributed by atoms with Crippen molar-refractivity contribution in [3.63, 3.8) is 0 Å². The fourth-order valence-corrected chi connectivity index (χ4v) is 9.17. The number of nitrogens with zero attached hydrogens (tertiary/aromatic N) is 1. The largest absolute Gasteiger partial charge is 1.00 e. The summed E-state index contributed by atoms with van der Waals surface area (Å²) in [7, 11) is -2.35. The number of benzene rings is 4. The predicted octanol–water partition coefficient (Wildman–Crippen LogP) is 1.44. The molecule has 0 aliphatic rings. The molecule has 0 N–H and O–H groups in total. The van der Waals surface area contributed by atoms with Crippen molar-refractivity contribution in [3.05, 3.63) is 121 Å². The van der Waals surface area contributed by atoms with Crippen LogP contribution in [0.3, 0.4) is 0 Å². The molecule has 4 aromatic rings. The number of hydrogen-bond acceptors (Lipinski definition) is 2. The monoisotopic (exact) mass is 539 g/mol. The van der Waals surface area contributed by atoms with Gasteiger partial charge in [-0.1, -0.05) is 66.7 Å². The van der Waals surface area contributed by atoms with Crippen molar-refractivity contribution in [1.82, 2.24) is 4.31 Å². The molecule has 0 aliphatic carbocycles. The fraction of sp³-hybridized carbons (Fsp3) is 0.111. The normalized spacial score (nSPS) is 11.7. The van der Waals surface area contributed by atoms with Gasteiger partial charge in [0.15, 0.2) is 0 Å². The Morgan fingerprint density at radius 3 is 1.30 bits per heavy atom. The molecule has 0 radical (unpaired) electrons. The maximum atomic E-state index is 12.5. The highest BCUT2D eigenvalue weighted by molar-refractivity contribution is 7.95. The van der Waals surface area contributed by atoms with E-state index in [4.69, 9.17) is 0 Å². The van der Waals surface area contributed by atoms with Crippen LogP contribution in [0, 0.1) is 0 Å². The molecule has 0 heterocycles. The molecule has 0 atom stereocenters. The van der Waals surface area contributed by atoms with E-state index in [-0.39, 0.29) is 17.0 Å². The highest BCUT2D eigenvalue weighted by Crippen LogP contribution is 2.58. The van der Waals surface area contributed by atoms with E-state index in [2.05, 4.69) is 91.0 Å². The molecule has 0 aliphatic heterocycles. The van der Waals surface area contributed by atoms with Crippen molar-refractivity contribution >= 4 is 33.2 Å². The number of sulfonamides is 1. The summed E-state index contributed by atoms with van der Waals surface area (Å²) in [5.74, 6) is 0. The van der Waals surface area contributed by atoms with E-state index < -0.39 is 17.3 Å². The number of halogens is 1. The zero-order chi connectivity index (χ0) is 22.6. The van der Waals surface area contributed by atoms with Gasteiger partial charge in [-0.3, -0.25) is 0 Å². The Kier molecular flexibility index (Phi) is 8.25. The molecule has 3 nitrogen and oxygen atoms in total. The second kappa shape index (κ2) is 10.8. The Balaban J connectivity index is 0.00000306. The molecular formula is C27H27BrNO2PS. The Bertz CT molecular complexity index is 1170. The molecule has 0 spiro atoms. The first-order chi connectivity index (χ1) is 15.4. The molecule has 0 amide bonds.